The molecule has 1 atom stereocenters. The molecule has 0 aliphatic heterocycles. The first-order valence-corrected chi connectivity index (χ1v) is 14.0. The maximum atomic E-state index is 8.79. The zero-order chi connectivity index (χ0) is 22.1. The number of rotatable bonds is 8. The number of benzene rings is 3. The van der Waals surface area contributed by atoms with Crippen LogP contribution >= 0.6 is 28.4 Å². The molecule has 31 heavy (non-hydrogen) atoms. The van der Waals surface area contributed by atoms with Gasteiger partial charge in [-0.05, 0) is 80.1 Å². The molecule has 0 amide bonds. The molecule has 3 aromatic rings. The fraction of sp³-hybridized carbons (Fsp3) is 0.0769. The van der Waals surface area contributed by atoms with Gasteiger partial charge in [0.1, 0.15) is 0 Å². The molecule has 0 saturated carbocycles. The number of halogens is 1. The Morgan fingerprint density at radius 3 is 2.35 bits per heavy atom. The smallest absolute Gasteiger partial charge is 0.0912 e. The highest BCUT2D eigenvalue weighted by Crippen LogP contribution is 2.36. The Kier molecular flexibility index (Phi) is 8.58. The van der Waals surface area contributed by atoms with Gasteiger partial charge in [-0.2, -0.15) is 5.26 Å². The molecule has 0 heterocycles. The number of allylic oxidation sites excluding steroid dienone is 2. The predicted molar refractivity (Wildman–Crippen MR) is 144 cm³/mol. The van der Waals surface area contributed by atoms with E-state index in [-0.39, 0.29) is 0 Å². The summed E-state index contributed by atoms with van der Waals surface area (Å²) >= 11 is 2.30. The van der Waals surface area contributed by atoms with Crippen LogP contribution in [0.3, 0.4) is 0 Å². The third-order valence-electron chi connectivity index (χ3n) is 5.00. The van der Waals surface area contributed by atoms with E-state index < -0.39 is 0 Å². The second kappa shape index (κ2) is 11.6. The van der Waals surface area contributed by atoms with Crippen molar-refractivity contribution >= 4 is 57.5 Å². The van der Waals surface area contributed by atoms with Crippen LogP contribution in [0.25, 0.3) is 17.2 Å². The van der Waals surface area contributed by atoms with E-state index in [0.717, 1.165) is 39.9 Å². The Balaban J connectivity index is 2.23. The van der Waals surface area contributed by atoms with Crippen molar-refractivity contribution in [2.45, 2.75) is 13.3 Å². The summed E-state index contributed by atoms with van der Waals surface area (Å²) < 4.78 is 0. The summed E-state index contributed by atoms with van der Waals surface area (Å²) in [6.07, 6.45) is 6.13. The van der Waals surface area contributed by atoms with Crippen LogP contribution in [-0.4, -0.2) is 6.21 Å². The molecule has 0 aromatic heterocycles. The molecule has 0 aliphatic rings. The van der Waals surface area contributed by atoms with Crippen molar-refractivity contribution in [3.8, 4) is 6.07 Å². The maximum absolute atomic E-state index is 8.79. The van der Waals surface area contributed by atoms with Crippen molar-refractivity contribution in [1.82, 2.24) is 0 Å². The minimum atomic E-state index is 0.545. The standard InChI is InChI=1S/C26H23IN3P/c1-2-24(20-8-4-3-5-9-20)26(21-12-10-19(11-13-21)7-6-16-28)22-14-15-25(30-31-27)23(17-22)18-29/h3-15,17-18,29-31H,2H2,1H3/b7-6+,26-24+,29-18?. The third-order valence-corrected chi connectivity index (χ3v) is 6.18. The number of nitrogens with zero attached hydrogens (tertiary/aromatic N) is 1. The van der Waals surface area contributed by atoms with E-state index in [4.69, 9.17) is 10.7 Å². The second-order valence-corrected chi connectivity index (χ2v) is 8.88. The van der Waals surface area contributed by atoms with E-state index in [2.05, 4.69) is 88.6 Å². The Morgan fingerprint density at radius 2 is 1.74 bits per heavy atom. The minimum absolute atomic E-state index is 0.545. The molecule has 154 valence electrons. The number of nitrogens with one attached hydrogen (secondary N) is 2. The van der Waals surface area contributed by atoms with Crippen LogP contribution in [0, 0.1) is 16.7 Å². The highest BCUT2D eigenvalue weighted by atomic mass is 127. The SMILES string of the molecule is CC/C(=C(/c1ccc(/C=C/C#N)cc1)c1ccc(NPI)c(C=N)c1)c1ccccc1. The van der Waals surface area contributed by atoms with Crippen LogP contribution in [0.1, 0.15) is 41.2 Å². The molecule has 0 radical (unpaired) electrons. The number of hydrogen-bond acceptors (Lipinski definition) is 3. The Hall–Kier alpha value is -2.74. The molecule has 0 spiro atoms. The molecule has 3 aromatic carbocycles. The molecule has 3 nitrogen and oxygen atoms in total. The van der Waals surface area contributed by atoms with Crippen LogP contribution in [-0.2, 0) is 0 Å². The van der Waals surface area contributed by atoms with E-state index >= 15 is 0 Å². The lowest BCUT2D eigenvalue weighted by molar-refractivity contribution is 1.24. The van der Waals surface area contributed by atoms with Gasteiger partial charge in [0, 0.05) is 29.9 Å². The summed E-state index contributed by atoms with van der Waals surface area (Å²) in [5.74, 6) is 0. The van der Waals surface area contributed by atoms with Gasteiger partial charge in [0.15, 0.2) is 0 Å². The van der Waals surface area contributed by atoms with Crippen molar-refractivity contribution in [2.24, 2.45) is 0 Å². The topological polar surface area (TPSA) is 59.7 Å². The summed E-state index contributed by atoms with van der Waals surface area (Å²) in [6, 6.07) is 27.0. The molecule has 3 rings (SSSR count). The lowest BCUT2D eigenvalue weighted by Crippen LogP contribution is -1.98. The van der Waals surface area contributed by atoms with Crippen LogP contribution in [0.5, 0.6) is 0 Å². The molecule has 0 aliphatic carbocycles. The summed E-state index contributed by atoms with van der Waals surface area (Å²) in [5.41, 5.74) is 8.65. The quantitative estimate of drug-likeness (QED) is 0.101. The fourth-order valence-electron chi connectivity index (χ4n) is 3.58. The summed E-state index contributed by atoms with van der Waals surface area (Å²) in [6.45, 7) is 2.18. The Morgan fingerprint density at radius 1 is 1.03 bits per heavy atom. The van der Waals surface area contributed by atoms with Gasteiger partial charge in [0.25, 0.3) is 0 Å². The number of hydrogen-bond donors (Lipinski definition) is 2. The first-order chi connectivity index (χ1) is 15.2. The monoisotopic (exact) mass is 535 g/mol. The van der Waals surface area contributed by atoms with Crippen LogP contribution in [0.15, 0.2) is 78.9 Å². The predicted octanol–water partition coefficient (Wildman–Crippen LogP) is 7.95. The molecule has 5 heteroatoms. The number of anilines is 1. The van der Waals surface area contributed by atoms with Gasteiger partial charge in [0.05, 0.1) is 6.07 Å². The fourth-order valence-corrected chi connectivity index (χ4v) is 4.78. The Labute approximate surface area is 198 Å². The van der Waals surface area contributed by atoms with Gasteiger partial charge in [-0.15, -0.1) is 0 Å². The minimum Gasteiger partial charge on any atom is -0.358 e. The zero-order valence-corrected chi connectivity index (χ0v) is 20.4. The van der Waals surface area contributed by atoms with Gasteiger partial charge in [-0.25, -0.2) is 0 Å². The highest BCUT2D eigenvalue weighted by Gasteiger charge is 2.14. The van der Waals surface area contributed by atoms with Gasteiger partial charge >= 0.3 is 0 Å². The van der Waals surface area contributed by atoms with Crippen molar-refractivity contribution < 1.29 is 0 Å². The van der Waals surface area contributed by atoms with Crippen LogP contribution in [0.4, 0.5) is 5.69 Å². The summed E-state index contributed by atoms with van der Waals surface area (Å²) in [5, 5.41) is 20.0. The van der Waals surface area contributed by atoms with Gasteiger partial charge in [-0.1, -0.05) is 67.6 Å². The van der Waals surface area contributed by atoms with Gasteiger partial charge in [0.2, 0.25) is 0 Å². The normalized spacial score (nSPS) is 12.0. The second-order valence-electron chi connectivity index (χ2n) is 6.82. The number of nitriles is 1. The van der Waals surface area contributed by atoms with Crippen molar-refractivity contribution in [3.05, 3.63) is 107 Å². The molecular weight excluding hydrogens is 512 g/mol. The molecule has 2 N–H and O–H groups in total. The summed E-state index contributed by atoms with van der Waals surface area (Å²) in [4.78, 5) is 0. The van der Waals surface area contributed by atoms with Crippen molar-refractivity contribution in [2.75, 3.05) is 5.09 Å². The molecular formula is C26H23IN3P. The van der Waals surface area contributed by atoms with E-state index in [0.29, 0.717) is 6.37 Å². The first-order valence-electron chi connectivity index (χ1n) is 9.93. The zero-order valence-electron chi connectivity index (χ0n) is 17.2. The van der Waals surface area contributed by atoms with E-state index in [9.17, 15) is 0 Å². The summed E-state index contributed by atoms with van der Waals surface area (Å²) in [7, 11) is 0. The highest BCUT2D eigenvalue weighted by molar-refractivity contribution is 14.2. The lowest BCUT2D eigenvalue weighted by atomic mass is 9.87. The largest absolute Gasteiger partial charge is 0.358 e. The molecule has 0 fully saturated rings. The molecule has 0 saturated heterocycles. The Bertz CT molecular complexity index is 1140. The van der Waals surface area contributed by atoms with Crippen LogP contribution < -0.4 is 5.09 Å². The third kappa shape index (κ3) is 5.70. The maximum Gasteiger partial charge on any atom is 0.0912 e. The molecule has 1 unspecified atom stereocenters. The van der Waals surface area contributed by atoms with E-state index in [1.807, 2.05) is 30.3 Å². The van der Waals surface area contributed by atoms with Gasteiger partial charge in [-0.3, -0.25) is 0 Å². The molecule has 0 bridgehead atoms. The lowest BCUT2D eigenvalue weighted by Gasteiger charge is -2.18. The van der Waals surface area contributed by atoms with E-state index in [1.165, 1.54) is 23.4 Å². The van der Waals surface area contributed by atoms with Crippen LogP contribution in [0.2, 0.25) is 0 Å². The first kappa shape index (κ1) is 22.9. The van der Waals surface area contributed by atoms with E-state index in [1.54, 1.807) is 0 Å². The average Bonchev–Trinajstić information content (AvgIpc) is 2.82. The van der Waals surface area contributed by atoms with Crippen molar-refractivity contribution in [1.29, 1.82) is 10.7 Å². The van der Waals surface area contributed by atoms with Crippen molar-refractivity contribution in [3.63, 3.8) is 0 Å². The average molecular weight is 535 g/mol. The van der Waals surface area contributed by atoms with Gasteiger partial charge < -0.3 is 10.5 Å².